The van der Waals surface area contributed by atoms with Crippen molar-refractivity contribution in [3.05, 3.63) is 23.3 Å². The minimum atomic E-state index is -4.22. The molecule has 3 N–H and O–H groups in total. The van der Waals surface area contributed by atoms with Gasteiger partial charge in [-0.3, -0.25) is 4.79 Å². The second-order valence-corrected chi connectivity index (χ2v) is 2.99. The minimum absolute atomic E-state index is 0.00509. The van der Waals surface area contributed by atoms with E-state index in [0.29, 0.717) is 0 Å². The van der Waals surface area contributed by atoms with E-state index in [0.717, 1.165) is 0 Å². The molecule has 0 aromatic heterocycles. The molecular formula is C8H5F3O5. The number of carboxylic acid groups (broad SMARTS) is 2. The van der Waals surface area contributed by atoms with E-state index >= 15 is 0 Å². The molecule has 0 spiro atoms. The highest BCUT2D eigenvalue weighted by Gasteiger charge is 2.49. The molecule has 0 saturated heterocycles. The van der Waals surface area contributed by atoms with Crippen LogP contribution in [0.4, 0.5) is 13.2 Å². The molecule has 0 aromatic carbocycles. The van der Waals surface area contributed by atoms with E-state index in [9.17, 15) is 22.8 Å². The van der Waals surface area contributed by atoms with Crippen molar-refractivity contribution in [2.24, 2.45) is 5.92 Å². The second kappa shape index (κ2) is 3.63. The number of hydrogen-bond donors (Lipinski definition) is 3. The van der Waals surface area contributed by atoms with Crippen LogP contribution in [0.25, 0.3) is 0 Å². The molecule has 0 aromatic rings. The predicted octanol–water partition coefficient (Wildman–Crippen LogP) is 0.521. The van der Waals surface area contributed by atoms with Crippen LogP contribution in [0.15, 0.2) is 23.3 Å². The van der Waals surface area contributed by atoms with Crippen LogP contribution < -0.4 is 0 Å². The summed E-state index contributed by atoms with van der Waals surface area (Å²) in [5.41, 5.74) is -1.54. The van der Waals surface area contributed by atoms with Crippen LogP contribution in [0.1, 0.15) is 0 Å². The highest BCUT2D eigenvalue weighted by molar-refractivity contribution is 5.96. The van der Waals surface area contributed by atoms with Gasteiger partial charge in [0.2, 0.25) is 0 Å². The maximum Gasteiger partial charge on any atom is 0.335 e. The fraction of sp³-hybridized carbons (Fsp3) is 0.250. The van der Waals surface area contributed by atoms with Crippen LogP contribution in [0.5, 0.6) is 0 Å². The third kappa shape index (κ3) is 1.67. The third-order valence-electron chi connectivity index (χ3n) is 1.96. The van der Waals surface area contributed by atoms with Gasteiger partial charge in [-0.05, 0) is 6.08 Å². The summed E-state index contributed by atoms with van der Waals surface area (Å²) in [6.07, 6.45) is -0.00509. The van der Waals surface area contributed by atoms with Gasteiger partial charge < -0.3 is 15.3 Å². The Labute approximate surface area is 86.1 Å². The van der Waals surface area contributed by atoms with Gasteiger partial charge in [-0.15, -0.1) is 0 Å². The normalized spacial score (nSPS) is 30.0. The van der Waals surface area contributed by atoms with Gasteiger partial charge in [0.25, 0.3) is 0 Å². The summed E-state index contributed by atoms with van der Waals surface area (Å²) in [7, 11) is 0. The number of aliphatic hydroxyl groups is 1. The molecule has 2 unspecified atom stereocenters. The molecular weight excluding hydrogens is 233 g/mol. The Hall–Kier alpha value is -1.83. The summed E-state index contributed by atoms with van der Waals surface area (Å²) >= 11 is 0. The van der Waals surface area contributed by atoms with Crippen LogP contribution in [-0.2, 0) is 9.59 Å². The standard InChI is InChI=1S/C8H5F3O5/c9-3-1-2(6(12)13)4(7(14)15)5(10)8(3,11)16/h1-2,16H,(H,12,13)(H,14,15). The SMILES string of the molecule is O=C(O)C1=C(F)C(O)(F)C(F)=CC1C(=O)O. The van der Waals surface area contributed by atoms with Crippen molar-refractivity contribution >= 4 is 11.9 Å². The van der Waals surface area contributed by atoms with Crippen molar-refractivity contribution in [1.29, 1.82) is 0 Å². The van der Waals surface area contributed by atoms with E-state index in [1.54, 1.807) is 0 Å². The third-order valence-corrected chi connectivity index (χ3v) is 1.96. The number of aliphatic carboxylic acids is 2. The van der Waals surface area contributed by atoms with Crippen molar-refractivity contribution in [3.8, 4) is 0 Å². The number of rotatable bonds is 2. The summed E-state index contributed by atoms with van der Waals surface area (Å²) in [4.78, 5) is 21.0. The van der Waals surface area contributed by atoms with E-state index < -0.39 is 40.9 Å². The van der Waals surface area contributed by atoms with Crippen molar-refractivity contribution in [2.45, 2.75) is 5.85 Å². The number of halogens is 3. The van der Waals surface area contributed by atoms with Gasteiger partial charge in [0.05, 0.1) is 5.57 Å². The maximum absolute atomic E-state index is 13.1. The number of carbonyl (C=O) groups is 2. The zero-order chi connectivity index (χ0) is 12.7. The molecule has 2 atom stereocenters. The fourth-order valence-corrected chi connectivity index (χ4v) is 1.18. The minimum Gasteiger partial charge on any atom is -0.481 e. The first kappa shape index (κ1) is 12.2. The van der Waals surface area contributed by atoms with Gasteiger partial charge in [0.15, 0.2) is 11.7 Å². The molecule has 1 aliphatic carbocycles. The molecule has 0 heterocycles. The monoisotopic (exact) mass is 238 g/mol. The van der Waals surface area contributed by atoms with Gasteiger partial charge in [0.1, 0.15) is 5.92 Å². The lowest BCUT2D eigenvalue weighted by Gasteiger charge is -2.23. The lowest BCUT2D eigenvalue weighted by Crippen LogP contribution is -2.35. The summed E-state index contributed by atoms with van der Waals surface area (Å²) in [5.74, 6) is -14.8. The van der Waals surface area contributed by atoms with Crippen LogP contribution in [-0.4, -0.2) is 33.1 Å². The summed E-state index contributed by atoms with van der Waals surface area (Å²) in [6, 6.07) is 0. The van der Waals surface area contributed by atoms with Crippen LogP contribution in [0.2, 0.25) is 0 Å². The molecule has 0 radical (unpaired) electrons. The molecule has 0 aliphatic heterocycles. The molecule has 1 aliphatic rings. The molecule has 88 valence electrons. The van der Waals surface area contributed by atoms with Crippen LogP contribution in [0, 0.1) is 5.92 Å². The van der Waals surface area contributed by atoms with Crippen LogP contribution >= 0.6 is 0 Å². The predicted molar refractivity (Wildman–Crippen MR) is 42.1 cm³/mol. The quantitative estimate of drug-likeness (QED) is 0.651. The summed E-state index contributed by atoms with van der Waals surface area (Å²) in [5, 5.41) is 25.6. The van der Waals surface area contributed by atoms with Gasteiger partial charge in [0, 0.05) is 0 Å². The van der Waals surface area contributed by atoms with Crippen LogP contribution in [0.3, 0.4) is 0 Å². The first-order valence-electron chi connectivity index (χ1n) is 3.85. The average molecular weight is 238 g/mol. The van der Waals surface area contributed by atoms with Gasteiger partial charge in [-0.1, -0.05) is 0 Å². The molecule has 5 nitrogen and oxygen atoms in total. The van der Waals surface area contributed by atoms with Crippen molar-refractivity contribution < 1.29 is 38.1 Å². The molecule has 0 saturated carbocycles. The van der Waals surface area contributed by atoms with E-state index in [2.05, 4.69) is 0 Å². The summed E-state index contributed by atoms with van der Waals surface area (Å²) < 4.78 is 38.8. The Kier molecular flexibility index (Phi) is 2.78. The first-order chi connectivity index (χ1) is 7.19. The Balaban J connectivity index is 3.42. The Morgan fingerprint density at radius 1 is 1.31 bits per heavy atom. The average Bonchev–Trinajstić information content (AvgIpc) is 2.13. The number of hydrogen-bond acceptors (Lipinski definition) is 3. The highest BCUT2D eigenvalue weighted by atomic mass is 19.2. The molecule has 0 bridgehead atoms. The van der Waals surface area contributed by atoms with E-state index in [1.165, 1.54) is 0 Å². The second-order valence-electron chi connectivity index (χ2n) is 2.99. The van der Waals surface area contributed by atoms with Crippen molar-refractivity contribution in [1.82, 2.24) is 0 Å². The molecule has 1 rings (SSSR count). The zero-order valence-electron chi connectivity index (χ0n) is 7.45. The van der Waals surface area contributed by atoms with E-state index in [-0.39, 0.29) is 6.08 Å². The lowest BCUT2D eigenvalue weighted by atomic mass is 9.90. The molecule has 16 heavy (non-hydrogen) atoms. The van der Waals surface area contributed by atoms with E-state index in [1.807, 2.05) is 0 Å². The maximum atomic E-state index is 13.1. The Morgan fingerprint density at radius 2 is 1.81 bits per heavy atom. The topological polar surface area (TPSA) is 94.8 Å². The number of alkyl halides is 1. The highest BCUT2D eigenvalue weighted by Crippen LogP contribution is 2.39. The smallest absolute Gasteiger partial charge is 0.335 e. The van der Waals surface area contributed by atoms with Crippen molar-refractivity contribution in [3.63, 3.8) is 0 Å². The molecule has 8 heteroatoms. The first-order valence-corrected chi connectivity index (χ1v) is 3.85. The Morgan fingerprint density at radius 3 is 2.19 bits per heavy atom. The molecule has 0 fully saturated rings. The molecule has 0 amide bonds. The van der Waals surface area contributed by atoms with Gasteiger partial charge in [-0.25, -0.2) is 13.6 Å². The summed E-state index contributed by atoms with van der Waals surface area (Å²) in [6.45, 7) is 0. The number of carboxylic acids is 2. The Bertz CT molecular complexity index is 423. The van der Waals surface area contributed by atoms with Crippen molar-refractivity contribution in [2.75, 3.05) is 0 Å². The fourth-order valence-electron chi connectivity index (χ4n) is 1.18. The lowest BCUT2D eigenvalue weighted by molar-refractivity contribution is -0.143. The van der Waals surface area contributed by atoms with Gasteiger partial charge in [-0.2, -0.15) is 4.39 Å². The zero-order valence-corrected chi connectivity index (χ0v) is 7.45. The van der Waals surface area contributed by atoms with E-state index in [4.69, 9.17) is 15.3 Å². The van der Waals surface area contributed by atoms with Gasteiger partial charge >= 0.3 is 17.8 Å². The largest absolute Gasteiger partial charge is 0.481 e.